The molecule has 1 amide bonds. The summed E-state index contributed by atoms with van der Waals surface area (Å²) in [5.74, 6) is 0.537. The normalized spacial score (nSPS) is 15.3. The number of thiocarbonyl (C=S) groups is 1. The fourth-order valence-corrected chi connectivity index (χ4v) is 4.60. The minimum absolute atomic E-state index is 0.0882. The highest BCUT2D eigenvalue weighted by atomic mass is 32.2. The third kappa shape index (κ3) is 4.55. The summed E-state index contributed by atoms with van der Waals surface area (Å²) in [7, 11) is 3.28. The number of nitrogens with zero attached hydrogens (tertiary/aromatic N) is 4. The highest BCUT2D eigenvalue weighted by molar-refractivity contribution is 8.26. The summed E-state index contributed by atoms with van der Waals surface area (Å²) in [4.78, 5) is 29.7. The van der Waals surface area contributed by atoms with Gasteiger partial charge in [-0.15, -0.1) is 0 Å². The number of nitriles is 1. The number of rotatable bonds is 8. The lowest BCUT2D eigenvalue weighted by molar-refractivity contribution is -0.122. The SMILES string of the molecule is CCN(CC)c1c(C=C2SC(=S)N(CCCOC)C2=O)c(C)c(C#N)c(=O)n1C. The van der Waals surface area contributed by atoms with E-state index in [1.54, 1.807) is 32.1 Å². The number of ether oxygens (including phenoxy) is 1. The van der Waals surface area contributed by atoms with Gasteiger partial charge in [-0.1, -0.05) is 24.0 Å². The maximum Gasteiger partial charge on any atom is 0.270 e. The third-order valence-corrected chi connectivity index (χ3v) is 6.29. The van der Waals surface area contributed by atoms with Gasteiger partial charge in [0.25, 0.3) is 11.5 Å². The molecule has 0 saturated carbocycles. The van der Waals surface area contributed by atoms with Crippen molar-refractivity contribution in [3.63, 3.8) is 0 Å². The molecule has 1 aromatic heterocycles. The van der Waals surface area contributed by atoms with Crippen LogP contribution in [-0.2, 0) is 16.6 Å². The van der Waals surface area contributed by atoms with Gasteiger partial charge < -0.3 is 9.64 Å². The van der Waals surface area contributed by atoms with Crippen molar-refractivity contribution in [2.45, 2.75) is 27.2 Å². The van der Waals surface area contributed by atoms with E-state index in [2.05, 4.69) is 0 Å². The smallest absolute Gasteiger partial charge is 0.270 e. The second-order valence-electron chi connectivity index (χ2n) is 6.57. The van der Waals surface area contributed by atoms with E-state index in [0.29, 0.717) is 58.8 Å². The number of hydrogen-bond acceptors (Lipinski definition) is 7. The van der Waals surface area contributed by atoms with E-state index in [9.17, 15) is 14.9 Å². The predicted octanol–water partition coefficient (Wildman–Crippen LogP) is 2.65. The zero-order chi connectivity index (χ0) is 21.7. The number of aromatic nitrogens is 1. The molecule has 1 saturated heterocycles. The number of methoxy groups -OCH3 is 1. The Bertz CT molecular complexity index is 943. The van der Waals surface area contributed by atoms with E-state index in [4.69, 9.17) is 17.0 Å². The Kier molecular flexibility index (Phi) is 8.02. The average Bonchev–Trinajstić information content (AvgIpc) is 2.97. The molecule has 1 aliphatic heterocycles. The molecule has 0 unspecified atom stereocenters. The molecule has 1 fully saturated rings. The topological polar surface area (TPSA) is 78.6 Å². The average molecular weight is 435 g/mol. The van der Waals surface area contributed by atoms with Crippen molar-refractivity contribution in [1.29, 1.82) is 5.26 Å². The molecule has 7 nitrogen and oxygen atoms in total. The minimum Gasteiger partial charge on any atom is -0.385 e. The molecule has 0 bridgehead atoms. The van der Waals surface area contributed by atoms with Crippen LogP contribution in [-0.4, -0.2) is 53.0 Å². The van der Waals surface area contributed by atoms with Crippen molar-refractivity contribution in [2.24, 2.45) is 7.05 Å². The van der Waals surface area contributed by atoms with Gasteiger partial charge in [0, 0.05) is 46.0 Å². The van der Waals surface area contributed by atoms with Gasteiger partial charge in [0.15, 0.2) is 0 Å². The Morgan fingerprint density at radius 3 is 2.52 bits per heavy atom. The number of amides is 1. The lowest BCUT2D eigenvalue weighted by Crippen LogP contribution is -2.33. The summed E-state index contributed by atoms with van der Waals surface area (Å²) in [5, 5.41) is 9.50. The summed E-state index contributed by atoms with van der Waals surface area (Å²) in [6.45, 7) is 8.17. The molecule has 9 heteroatoms. The van der Waals surface area contributed by atoms with E-state index in [1.165, 1.54) is 16.3 Å². The number of hydrogen-bond donors (Lipinski definition) is 0. The van der Waals surface area contributed by atoms with Gasteiger partial charge in [0.2, 0.25) is 0 Å². The van der Waals surface area contributed by atoms with Crippen LogP contribution in [0, 0.1) is 18.3 Å². The van der Waals surface area contributed by atoms with Crippen LogP contribution in [0.4, 0.5) is 5.82 Å². The molecule has 0 atom stereocenters. The lowest BCUT2D eigenvalue weighted by Gasteiger charge is -2.27. The molecule has 156 valence electrons. The fraction of sp³-hybridized carbons (Fsp3) is 0.500. The van der Waals surface area contributed by atoms with Crippen LogP contribution in [0.25, 0.3) is 6.08 Å². The van der Waals surface area contributed by atoms with Crippen LogP contribution >= 0.6 is 24.0 Å². The first-order valence-corrected chi connectivity index (χ1v) is 10.7. The highest BCUT2D eigenvalue weighted by Gasteiger charge is 2.32. The van der Waals surface area contributed by atoms with Gasteiger partial charge in [0.1, 0.15) is 21.8 Å². The van der Waals surface area contributed by atoms with E-state index in [1.807, 2.05) is 24.8 Å². The minimum atomic E-state index is -0.337. The van der Waals surface area contributed by atoms with Crippen molar-refractivity contribution in [1.82, 2.24) is 9.47 Å². The molecule has 0 N–H and O–H groups in total. The first kappa shape index (κ1) is 23.1. The van der Waals surface area contributed by atoms with Gasteiger partial charge in [-0.25, -0.2) is 0 Å². The van der Waals surface area contributed by atoms with Crippen molar-refractivity contribution in [2.75, 3.05) is 38.3 Å². The monoisotopic (exact) mass is 434 g/mol. The maximum atomic E-state index is 12.9. The first-order chi connectivity index (χ1) is 13.8. The van der Waals surface area contributed by atoms with Crippen LogP contribution in [0.1, 0.15) is 37.0 Å². The van der Waals surface area contributed by atoms with Crippen molar-refractivity contribution in [3.8, 4) is 6.07 Å². The quantitative estimate of drug-likeness (QED) is 0.354. The van der Waals surface area contributed by atoms with Crippen molar-refractivity contribution < 1.29 is 9.53 Å². The predicted molar refractivity (Wildman–Crippen MR) is 121 cm³/mol. The Labute approximate surface area is 180 Å². The summed E-state index contributed by atoms with van der Waals surface area (Å²) >= 11 is 6.63. The number of thioether (sulfide) groups is 1. The standard InChI is InChI=1S/C20H26N4O3S2/c1-6-23(7-2)17-14(13(3)15(12-21)18(25)22(17)4)11-16-19(26)24(20(28)29-16)9-8-10-27-5/h11H,6-10H2,1-5H3. The molecule has 0 radical (unpaired) electrons. The lowest BCUT2D eigenvalue weighted by atomic mass is 10.0. The fourth-order valence-electron chi connectivity index (χ4n) is 3.31. The highest BCUT2D eigenvalue weighted by Crippen LogP contribution is 2.35. The molecule has 2 rings (SSSR count). The second kappa shape index (κ2) is 10.1. The van der Waals surface area contributed by atoms with Crippen LogP contribution in [0.2, 0.25) is 0 Å². The summed E-state index contributed by atoms with van der Waals surface area (Å²) in [5.41, 5.74) is 1.02. The number of anilines is 1. The Balaban J connectivity index is 2.61. The maximum absolute atomic E-state index is 12.9. The molecule has 29 heavy (non-hydrogen) atoms. The molecule has 0 aliphatic carbocycles. The van der Waals surface area contributed by atoms with E-state index >= 15 is 0 Å². The molecule has 0 aromatic carbocycles. The van der Waals surface area contributed by atoms with Crippen LogP contribution in [0.3, 0.4) is 0 Å². The zero-order valence-electron chi connectivity index (χ0n) is 17.4. The van der Waals surface area contributed by atoms with Gasteiger partial charge in [-0.3, -0.25) is 19.1 Å². The summed E-state index contributed by atoms with van der Waals surface area (Å²) in [6, 6.07) is 2.01. The first-order valence-electron chi connectivity index (χ1n) is 9.45. The Morgan fingerprint density at radius 1 is 1.31 bits per heavy atom. The van der Waals surface area contributed by atoms with Gasteiger partial charge >= 0.3 is 0 Å². The number of carbonyl (C=O) groups excluding carboxylic acids is 1. The van der Waals surface area contributed by atoms with Gasteiger partial charge in [-0.05, 0) is 38.8 Å². The van der Waals surface area contributed by atoms with E-state index in [-0.39, 0.29) is 17.0 Å². The van der Waals surface area contributed by atoms with E-state index < -0.39 is 0 Å². The molecule has 0 spiro atoms. The molecular weight excluding hydrogens is 408 g/mol. The summed E-state index contributed by atoms with van der Waals surface area (Å²) < 4.78 is 7.05. The van der Waals surface area contributed by atoms with Crippen molar-refractivity contribution >= 4 is 46.1 Å². The number of carbonyl (C=O) groups is 1. The summed E-state index contributed by atoms with van der Waals surface area (Å²) in [6.07, 6.45) is 2.46. The third-order valence-electron chi connectivity index (χ3n) is 4.91. The van der Waals surface area contributed by atoms with Crippen LogP contribution in [0.15, 0.2) is 9.70 Å². The van der Waals surface area contributed by atoms with Crippen molar-refractivity contribution in [3.05, 3.63) is 31.9 Å². The zero-order valence-corrected chi connectivity index (χ0v) is 19.1. The largest absolute Gasteiger partial charge is 0.385 e. The second-order valence-corrected chi connectivity index (χ2v) is 8.24. The molecular formula is C20H26N4O3S2. The van der Waals surface area contributed by atoms with Crippen LogP contribution < -0.4 is 10.5 Å². The van der Waals surface area contributed by atoms with E-state index in [0.717, 1.165) is 0 Å². The Morgan fingerprint density at radius 2 is 1.97 bits per heavy atom. The van der Waals surface area contributed by atoms with Gasteiger partial charge in [0.05, 0.1) is 4.91 Å². The Hall–Kier alpha value is -2.15. The van der Waals surface area contributed by atoms with Gasteiger partial charge in [-0.2, -0.15) is 5.26 Å². The number of pyridine rings is 1. The molecule has 1 aromatic rings. The molecule has 1 aliphatic rings. The molecule has 2 heterocycles. The van der Waals surface area contributed by atoms with Crippen LogP contribution in [0.5, 0.6) is 0 Å².